The van der Waals surface area contributed by atoms with Crippen molar-refractivity contribution in [1.82, 2.24) is 25.3 Å². The summed E-state index contributed by atoms with van der Waals surface area (Å²) in [7, 11) is 0. The fourth-order valence-electron chi connectivity index (χ4n) is 3.20. The highest BCUT2D eigenvalue weighted by atomic mass is 16.2. The average Bonchev–Trinajstić information content (AvgIpc) is 3.16. The van der Waals surface area contributed by atoms with Gasteiger partial charge in [-0.1, -0.05) is 32.0 Å². The quantitative estimate of drug-likeness (QED) is 0.849. The maximum absolute atomic E-state index is 12.2. The minimum Gasteiger partial charge on any atom is -0.342 e. The van der Waals surface area contributed by atoms with Crippen LogP contribution in [0, 0.1) is 5.92 Å². The second-order valence-electron chi connectivity index (χ2n) is 7.21. The number of nitrogens with one attached hydrogen (secondary N) is 2. The summed E-state index contributed by atoms with van der Waals surface area (Å²) in [5, 5.41) is 10.2. The topological polar surface area (TPSA) is 79.3 Å². The lowest BCUT2D eigenvalue weighted by atomic mass is 10.0. The summed E-state index contributed by atoms with van der Waals surface area (Å²) in [4.78, 5) is 26.1. The summed E-state index contributed by atoms with van der Waals surface area (Å²) in [5.74, 6) is 0.211. The number of benzene rings is 1. The third kappa shape index (κ3) is 5.09. The SMILES string of the molecule is CC(C)C(=O)N1CCC(NC(=O)NCc2cnn(-c3ccccc3)c2)CC1. The molecule has 0 atom stereocenters. The third-order valence-corrected chi connectivity index (χ3v) is 4.75. The highest BCUT2D eigenvalue weighted by molar-refractivity contribution is 5.78. The molecule has 7 nitrogen and oxygen atoms in total. The van der Waals surface area contributed by atoms with E-state index < -0.39 is 0 Å². The monoisotopic (exact) mass is 369 g/mol. The first-order chi connectivity index (χ1) is 13.0. The molecule has 27 heavy (non-hydrogen) atoms. The van der Waals surface area contributed by atoms with E-state index in [0.717, 1.165) is 24.1 Å². The second-order valence-corrected chi connectivity index (χ2v) is 7.21. The van der Waals surface area contributed by atoms with Crippen LogP contribution in [0.1, 0.15) is 32.3 Å². The van der Waals surface area contributed by atoms with Crippen LogP contribution in [0.25, 0.3) is 5.69 Å². The van der Waals surface area contributed by atoms with Gasteiger partial charge in [0.1, 0.15) is 0 Å². The van der Waals surface area contributed by atoms with E-state index in [0.29, 0.717) is 19.6 Å². The minimum atomic E-state index is -0.184. The Morgan fingerprint density at radius 1 is 1.19 bits per heavy atom. The number of para-hydroxylation sites is 1. The number of aromatic nitrogens is 2. The lowest BCUT2D eigenvalue weighted by molar-refractivity contribution is -0.135. The lowest BCUT2D eigenvalue weighted by Crippen LogP contribution is -2.49. The number of piperidine rings is 1. The number of rotatable bonds is 5. The Morgan fingerprint density at radius 3 is 2.56 bits per heavy atom. The van der Waals surface area contributed by atoms with E-state index in [9.17, 15) is 9.59 Å². The zero-order valence-electron chi connectivity index (χ0n) is 15.9. The predicted octanol–water partition coefficient (Wildman–Crippen LogP) is 2.32. The Labute approximate surface area is 159 Å². The van der Waals surface area contributed by atoms with Gasteiger partial charge in [-0.3, -0.25) is 4.79 Å². The highest BCUT2D eigenvalue weighted by Gasteiger charge is 2.25. The molecule has 1 aliphatic heterocycles. The van der Waals surface area contributed by atoms with Crippen molar-refractivity contribution >= 4 is 11.9 Å². The van der Waals surface area contributed by atoms with Gasteiger partial charge in [0, 0.05) is 43.4 Å². The smallest absolute Gasteiger partial charge is 0.315 e. The summed E-state index contributed by atoms with van der Waals surface area (Å²) in [6, 6.07) is 9.76. The van der Waals surface area contributed by atoms with Crippen molar-refractivity contribution in [2.75, 3.05) is 13.1 Å². The van der Waals surface area contributed by atoms with Crippen molar-refractivity contribution in [1.29, 1.82) is 0 Å². The predicted molar refractivity (Wildman–Crippen MR) is 103 cm³/mol. The van der Waals surface area contributed by atoms with Gasteiger partial charge < -0.3 is 15.5 Å². The minimum absolute atomic E-state index is 0.0228. The summed E-state index contributed by atoms with van der Waals surface area (Å²) >= 11 is 0. The van der Waals surface area contributed by atoms with Gasteiger partial charge in [0.25, 0.3) is 0 Å². The molecule has 2 N–H and O–H groups in total. The molecule has 3 amide bonds. The number of hydrogen-bond donors (Lipinski definition) is 2. The molecular weight excluding hydrogens is 342 g/mol. The Kier molecular flexibility index (Phi) is 6.11. The largest absolute Gasteiger partial charge is 0.342 e. The Morgan fingerprint density at radius 2 is 1.89 bits per heavy atom. The summed E-state index contributed by atoms with van der Waals surface area (Å²) in [5.41, 5.74) is 1.92. The van der Waals surface area contributed by atoms with Crippen LogP contribution in [-0.2, 0) is 11.3 Å². The van der Waals surface area contributed by atoms with Gasteiger partial charge in [0.2, 0.25) is 5.91 Å². The fraction of sp³-hybridized carbons (Fsp3) is 0.450. The molecule has 1 aromatic heterocycles. The van der Waals surface area contributed by atoms with E-state index in [1.54, 1.807) is 10.9 Å². The molecule has 0 radical (unpaired) electrons. The number of likely N-dealkylation sites (tertiary alicyclic amines) is 1. The normalized spacial score (nSPS) is 15.0. The number of urea groups is 1. The van der Waals surface area contributed by atoms with Gasteiger partial charge in [0.15, 0.2) is 0 Å². The van der Waals surface area contributed by atoms with Crippen molar-refractivity contribution < 1.29 is 9.59 Å². The number of hydrogen-bond acceptors (Lipinski definition) is 3. The fourth-order valence-corrected chi connectivity index (χ4v) is 3.20. The van der Waals surface area contributed by atoms with Gasteiger partial charge in [-0.15, -0.1) is 0 Å². The Hall–Kier alpha value is -2.83. The van der Waals surface area contributed by atoms with Gasteiger partial charge in [0.05, 0.1) is 11.9 Å². The number of nitrogens with zero attached hydrogens (tertiary/aromatic N) is 3. The van der Waals surface area contributed by atoms with Crippen molar-refractivity contribution in [2.24, 2.45) is 5.92 Å². The molecule has 1 fully saturated rings. The van der Waals surface area contributed by atoms with Crippen LogP contribution in [0.2, 0.25) is 0 Å². The molecule has 1 aromatic carbocycles. The summed E-state index contributed by atoms with van der Waals surface area (Å²) in [6.45, 7) is 5.65. The molecule has 2 heterocycles. The summed E-state index contributed by atoms with van der Waals surface area (Å²) < 4.78 is 1.79. The molecule has 0 saturated carbocycles. The first kappa shape index (κ1) is 18.9. The first-order valence-corrected chi connectivity index (χ1v) is 9.45. The zero-order chi connectivity index (χ0) is 19.2. The van der Waals surface area contributed by atoms with Crippen LogP contribution in [-0.4, -0.2) is 45.8 Å². The lowest BCUT2D eigenvalue weighted by Gasteiger charge is -2.33. The van der Waals surface area contributed by atoms with Crippen LogP contribution < -0.4 is 10.6 Å². The summed E-state index contributed by atoms with van der Waals surface area (Å²) in [6.07, 6.45) is 5.24. The first-order valence-electron chi connectivity index (χ1n) is 9.45. The average molecular weight is 369 g/mol. The molecule has 0 spiro atoms. The standard InChI is InChI=1S/C20H27N5O2/c1-15(2)19(26)24-10-8-17(9-11-24)23-20(27)21-12-16-13-22-25(14-16)18-6-4-3-5-7-18/h3-7,13-15,17H,8-12H2,1-2H3,(H2,21,23,27). The molecule has 0 unspecified atom stereocenters. The van der Waals surface area contributed by atoms with E-state index in [1.807, 2.05) is 55.3 Å². The molecule has 1 saturated heterocycles. The van der Waals surface area contributed by atoms with Crippen LogP contribution in [0.5, 0.6) is 0 Å². The Balaban J connectivity index is 1.42. The van der Waals surface area contributed by atoms with Crippen LogP contribution >= 0.6 is 0 Å². The van der Waals surface area contributed by atoms with Crippen molar-refractivity contribution in [3.05, 3.63) is 48.3 Å². The zero-order valence-corrected chi connectivity index (χ0v) is 15.9. The van der Waals surface area contributed by atoms with Crippen LogP contribution in [0.3, 0.4) is 0 Å². The van der Waals surface area contributed by atoms with Crippen molar-refractivity contribution in [3.63, 3.8) is 0 Å². The number of carbonyl (C=O) groups excluding carboxylic acids is 2. The number of carbonyl (C=O) groups is 2. The molecule has 1 aliphatic rings. The van der Waals surface area contributed by atoms with Gasteiger partial charge in [-0.05, 0) is 25.0 Å². The van der Waals surface area contributed by atoms with E-state index in [2.05, 4.69) is 15.7 Å². The van der Waals surface area contributed by atoms with Crippen molar-refractivity contribution in [3.8, 4) is 5.69 Å². The molecule has 0 bridgehead atoms. The molecule has 144 valence electrons. The van der Waals surface area contributed by atoms with E-state index >= 15 is 0 Å². The van der Waals surface area contributed by atoms with Crippen molar-refractivity contribution in [2.45, 2.75) is 39.3 Å². The third-order valence-electron chi connectivity index (χ3n) is 4.75. The van der Waals surface area contributed by atoms with E-state index in [4.69, 9.17) is 0 Å². The molecule has 0 aliphatic carbocycles. The molecule has 7 heteroatoms. The molecular formula is C20H27N5O2. The van der Waals surface area contributed by atoms with Crippen LogP contribution in [0.15, 0.2) is 42.7 Å². The van der Waals surface area contributed by atoms with Gasteiger partial charge >= 0.3 is 6.03 Å². The second kappa shape index (κ2) is 8.70. The Bertz CT molecular complexity index is 764. The molecule has 3 rings (SSSR count). The maximum Gasteiger partial charge on any atom is 0.315 e. The number of amides is 3. The van der Waals surface area contributed by atoms with E-state index in [-0.39, 0.29) is 23.9 Å². The van der Waals surface area contributed by atoms with E-state index in [1.165, 1.54) is 0 Å². The van der Waals surface area contributed by atoms with Crippen LogP contribution in [0.4, 0.5) is 4.79 Å². The highest BCUT2D eigenvalue weighted by Crippen LogP contribution is 2.13. The molecule has 2 aromatic rings. The van der Waals surface area contributed by atoms with Gasteiger partial charge in [-0.2, -0.15) is 5.10 Å². The van der Waals surface area contributed by atoms with Gasteiger partial charge in [-0.25, -0.2) is 9.48 Å². The maximum atomic E-state index is 12.2.